The molecule has 1 fully saturated rings. The fourth-order valence-corrected chi connectivity index (χ4v) is 7.74. The lowest BCUT2D eigenvalue weighted by Gasteiger charge is -2.42. The average Bonchev–Trinajstić information content (AvgIpc) is 3.59. The van der Waals surface area contributed by atoms with Crippen LogP contribution in [0.25, 0.3) is 22.6 Å². The minimum absolute atomic E-state index is 0.0937. The molecular formula is C35H22BrFN2O6. The molecule has 1 saturated heterocycles. The monoisotopic (exact) mass is 664 g/mol. The number of fused-ring (bicyclic) bond motifs is 4. The Balaban J connectivity index is 1.16. The number of halogens is 2. The van der Waals surface area contributed by atoms with Crippen molar-refractivity contribution >= 4 is 56.1 Å². The second-order valence-electron chi connectivity index (χ2n) is 11.6. The van der Waals surface area contributed by atoms with E-state index in [4.69, 9.17) is 4.42 Å². The number of carbonyl (C=O) groups is 4. The van der Waals surface area contributed by atoms with E-state index in [2.05, 4.69) is 20.9 Å². The van der Waals surface area contributed by atoms with Gasteiger partial charge in [0.25, 0.3) is 0 Å². The number of oxazole rings is 1. The van der Waals surface area contributed by atoms with Crippen molar-refractivity contribution in [3.05, 3.63) is 111 Å². The number of anilines is 1. The van der Waals surface area contributed by atoms with Gasteiger partial charge in [-0.25, -0.2) is 9.37 Å². The van der Waals surface area contributed by atoms with E-state index in [1.807, 2.05) is 30.3 Å². The molecule has 2 amide bonds. The number of allylic oxidation sites excluding steroid dienone is 6. The number of ketones is 2. The SMILES string of the molecule is O=C1C=C(Br)C(=O)C2=C1C(c1ccc(O)c(F)c1)C1=CCC3C(=O)N(c4ccc(-c5nc6ccccc6o5)cc4)C(=O)C3C1C2. The summed E-state index contributed by atoms with van der Waals surface area (Å²) in [4.78, 5) is 60.4. The Morgan fingerprint density at radius 1 is 0.956 bits per heavy atom. The van der Waals surface area contributed by atoms with Crippen LogP contribution in [0.1, 0.15) is 24.3 Å². The van der Waals surface area contributed by atoms with Gasteiger partial charge in [-0.2, -0.15) is 0 Å². The molecule has 4 unspecified atom stereocenters. The van der Waals surface area contributed by atoms with E-state index in [9.17, 15) is 28.7 Å². The van der Waals surface area contributed by atoms with Gasteiger partial charge in [-0.1, -0.05) is 29.8 Å². The van der Waals surface area contributed by atoms with Crippen molar-refractivity contribution < 1.29 is 33.1 Å². The summed E-state index contributed by atoms with van der Waals surface area (Å²) in [7, 11) is 0. The molecule has 1 aromatic heterocycles. The molecular weight excluding hydrogens is 643 g/mol. The second-order valence-corrected chi connectivity index (χ2v) is 12.5. The Kier molecular flexibility index (Phi) is 6.15. The summed E-state index contributed by atoms with van der Waals surface area (Å²) in [5, 5.41) is 9.84. The first-order valence-electron chi connectivity index (χ1n) is 14.4. The maximum Gasteiger partial charge on any atom is 0.238 e. The fraction of sp³-hybridized carbons (Fsp3) is 0.171. The van der Waals surface area contributed by atoms with Crippen LogP contribution in [0.2, 0.25) is 0 Å². The summed E-state index contributed by atoms with van der Waals surface area (Å²) in [6.45, 7) is 0. The highest BCUT2D eigenvalue weighted by Gasteiger charge is 2.56. The van der Waals surface area contributed by atoms with Gasteiger partial charge < -0.3 is 9.52 Å². The first-order valence-corrected chi connectivity index (χ1v) is 15.2. The third-order valence-electron chi connectivity index (χ3n) is 9.30. The first kappa shape index (κ1) is 27.6. The van der Waals surface area contributed by atoms with E-state index < -0.39 is 35.2 Å². The van der Waals surface area contributed by atoms with E-state index in [-0.39, 0.29) is 51.9 Å². The van der Waals surface area contributed by atoms with Crippen molar-refractivity contribution in [2.45, 2.75) is 18.8 Å². The van der Waals surface area contributed by atoms with Gasteiger partial charge in [-0.05, 0) is 88.8 Å². The van der Waals surface area contributed by atoms with Crippen molar-refractivity contribution in [3.8, 4) is 17.2 Å². The van der Waals surface area contributed by atoms with Crippen molar-refractivity contribution in [3.63, 3.8) is 0 Å². The quantitative estimate of drug-likeness (QED) is 0.155. The molecule has 3 aliphatic carbocycles. The number of para-hydroxylation sites is 2. The van der Waals surface area contributed by atoms with E-state index in [1.165, 1.54) is 23.1 Å². The normalized spacial score (nSPS) is 24.4. The van der Waals surface area contributed by atoms with Crippen molar-refractivity contribution in [1.29, 1.82) is 0 Å². The maximum atomic E-state index is 14.6. The van der Waals surface area contributed by atoms with Gasteiger partial charge in [-0.3, -0.25) is 24.1 Å². The largest absolute Gasteiger partial charge is 0.505 e. The number of rotatable bonds is 3. The Bertz CT molecular complexity index is 2080. The lowest BCUT2D eigenvalue weighted by atomic mass is 9.59. The number of phenolic OH excluding ortho intramolecular Hbond substituents is 1. The Morgan fingerprint density at radius 3 is 2.49 bits per heavy atom. The van der Waals surface area contributed by atoms with E-state index in [1.54, 1.807) is 24.3 Å². The average molecular weight is 665 g/mol. The van der Waals surface area contributed by atoms with Gasteiger partial charge in [-0.15, -0.1) is 0 Å². The molecule has 0 spiro atoms. The summed E-state index contributed by atoms with van der Waals surface area (Å²) < 4.78 is 20.6. The molecule has 4 atom stereocenters. The van der Waals surface area contributed by atoms with Crippen LogP contribution >= 0.6 is 15.9 Å². The zero-order valence-electron chi connectivity index (χ0n) is 23.4. The molecule has 45 heavy (non-hydrogen) atoms. The number of hydrogen-bond acceptors (Lipinski definition) is 7. The number of benzene rings is 3. The van der Waals surface area contributed by atoms with Crippen LogP contribution in [0.4, 0.5) is 10.1 Å². The Labute approximate surface area is 263 Å². The third kappa shape index (κ3) is 4.12. The number of phenols is 1. The molecule has 1 aliphatic heterocycles. The number of aromatic hydroxyl groups is 1. The zero-order chi connectivity index (χ0) is 31.1. The second kappa shape index (κ2) is 10.0. The maximum absolute atomic E-state index is 14.6. The van der Waals surface area contributed by atoms with Gasteiger partial charge in [0.2, 0.25) is 17.7 Å². The minimum Gasteiger partial charge on any atom is -0.505 e. The highest BCUT2D eigenvalue weighted by Crippen LogP contribution is 2.55. The summed E-state index contributed by atoms with van der Waals surface area (Å²) in [5.41, 5.74) is 4.01. The number of nitrogens with zero attached hydrogens (tertiary/aromatic N) is 2. The van der Waals surface area contributed by atoms with Crippen molar-refractivity contribution in [2.24, 2.45) is 17.8 Å². The highest BCUT2D eigenvalue weighted by molar-refractivity contribution is 9.12. The summed E-state index contributed by atoms with van der Waals surface area (Å²) in [6, 6.07) is 18.1. The molecule has 2 heterocycles. The Hall–Kier alpha value is -4.96. The number of imide groups is 1. The van der Waals surface area contributed by atoms with Gasteiger partial charge in [0.05, 0.1) is 22.0 Å². The standard InChI is InChI=1S/C35H22BrFN2O6/c36-23-15-27(41)31-22(32(23)42)14-21-19(29(31)17-7-12-26(40)24(37)13-17)10-11-20-30(21)35(44)39(34(20)43)18-8-5-16(6-9-18)33-38-25-3-1-2-4-28(25)45-33/h1-10,12-13,15,20-21,29-30,40H,11,14H2. The molecule has 0 saturated carbocycles. The fourth-order valence-electron chi connectivity index (χ4n) is 7.29. The van der Waals surface area contributed by atoms with Crippen molar-refractivity contribution in [2.75, 3.05) is 4.90 Å². The lowest BCUT2D eigenvalue weighted by molar-refractivity contribution is -0.123. The lowest BCUT2D eigenvalue weighted by Crippen LogP contribution is -2.39. The molecule has 3 aromatic carbocycles. The van der Waals surface area contributed by atoms with Crippen LogP contribution in [-0.4, -0.2) is 33.5 Å². The van der Waals surface area contributed by atoms with Crippen LogP contribution in [-0.2, 0) is 19.2 Å². The van der Waals surface area contributed by atoms with Crippen LogP contribution < -0.4 is 4.90 Å². The van der Waals surface area contributed by atoms with Gasteiger partial charge in [0.15, 0.2) is 28.7 Å². The van der Waals surface area contributed by atoms with Gasteiger partial charge in [0.1, 0.15) is 5.52 Å². The zero-order valence-corrected chi connectivity index (χ0v) is 25.0. The minimum atomic E-state index is -0.864. The molecule has 1 N–H and O–H groups in total. The van der Waals surface area contributed by atoms with E-state index in [0.29, 0.717) is 39.4 Å². The predicted molar refractivity (Wildman–Crippen MR) is 165 cm³/mol. The van der Waals surface area contributed by atoms with E-state index in [0.717, 1.165) is 6.07 Å². The number of Topliss-reactive ketones (excluding diaryl/α,β-unsaturated/α-hetero) is 1. The first-order chi connectivity index (χ1) is 21.7. The summed E-state index contributed by atoms with van der Waals surface area (Å²) in [6.07, 6.45) is 3.42. The van der Waals surface area contributed by atoms with Crippen LogP contribution in [0, 0.1) is 23.6 Å². The number of amides is 2. The number of carbonyl (C=O) groups excluding carboxylic acids is 4. The Morgan fingerprint density at radius 2 is 1.73 bits per heavy atom. The van der Waals surface area contributed by atoms with Gasteiger partial charge >= 0.3 is 0 Å². The molecule has 8 rings (SSSR count). The number of hydrogen-bond donors (Lipinski definition) is 1. The topological polar surface area (TPSA) is 118 Å². The smallest absolute Gasteiger partial charge is 0.238 e. The van der Waals surface area contributed by atoms with Crippen LogP contribution in [0.3, 0.4) is 0 Å². The molecule has 10 heteroatoms. The van der Waals surface area contributed by atoms with Crippen LogP contribution in [0.5, 0.6) is 5.75 Å². The van der Waals surface area contributed by atoms with Crippen LogP contribution in [0.15, 0.2) is 105 Å². The molecule has 4 aliphatic rings. The summed E-state index contributed by atoms with van der Waals surface area (Å²) in [5.74, 6) is -5.29. The molecule has 4 aromatic rings. The molecule has 8 nitrogen and oxygen atoms in total. The predicted octanol–water partition coefficient (Wildman–Crippen LogP) is 6.31. The highest BCUT2D eigenvalue weighted by atomic mass is 79.9. The summed E-state index contributed by atoms with van der Waals surface area (Å²) >= 11 is 3.20. The molecule has 0 radical (unpaired) electrons. The van der Waals surface area contributed by atoms with Crippen molar-refractivity contribution in [1.82, 2.24) is 4.98 Å². The molecule has 0 bridgehead atoms. The van der Waals surface area contributed by atoms with Gasteiger partial charge in [0, 0.05) is 28.7 Å². The number of aromatic nitrogens is 1. The molecule has 222 valence electrons. The van der Waals surface area contributed by atoms with E-state index >= 15 is 0 Å². The third-order valence-corrected chi connectivity index (χ3v) is 9.89.